The van der Waals surface area contributed by atoms with Gasteiger partial charge in [-0.1, -0.05) is 6.08 Å². The summed E-state index contributed by atoms with van der Waals surface area (Å²) in [6, 6.07) is 4.07. The predicted molar refractivity (Wildman–Crippen MR) is 49.5 cm³/mol. The summed E-state index contributed by atoms with van der Waals surface area (Å²) in [6.07, 6.45) is 5.91. The van der Waals surface area contributed by atoms with Gasteiger partial charge in [-0.2, -0.15) is 10.9 Å². The van der Waals surface area contributed by atoms with Crippen LogP contribution in [0.2, 0.25) is 0 Å². The van der Waals surface area contributed by atoms with Crippen molar-refractivity contribution in [3.05, 3.63) is 40.9 Å². The van der Waals surface area contributed by atoms with E-state index < -0.39 is 0 Å². The molecule has 2 nitrogen and oxygen atoms in total. The molecule has 0 fully saturated rings. The van der Waals surface area contributed by atoms with Crippen molar-refractivity contribution in [1.29, 1.82) is 0 Å². The zero-order valence-electron chi connectivity index (χ0n) is 5.99. The van der Waals surface area contributed by atoms with Crippen molar-refractivity contribution < 1.29 is 0 Å². The number of aromatic amines is 1. The highest BCUT2D eigenvalue weighted by atomic mass is 32.2. The average molecular weight is 166 g/mol. The first-order valence-electron chi connectivity index (χ1n) is 3.44. The molecule has 1 aromatic heterocycles. The van der Waals surface area contributed by atoms with Crippen molar-refractivity contribution in [2.24, 2.45) is 5.73 Å². The number of hydrogen-bond acceptors (Lipinski definition) is 1. The fourth-order valence-corrected chi connectivity index (χ4v) is 2.66. The lowest BCUT2D eigenvalue weighted by molar-refractivity contribution is 1.20. The van der Waals surface area contributed by atoms with Gasteiger partial charge in [-0.25, -0.2) is 0 Å². The largest absolute Gasteiger partial charge is 0.394 e. The molecule has 1 unspecified atom stereocenters. The van der Waals surface area contributed by atoms with E-state index in [2.05, 4.69) is 16.5 Å². The van der Waals surface area contributed by atoms with Gasteiger partial charge >= 0.3 is 0 Å². The maximum atomic E-state index is 5.78. The molecular formula is C8H10N2S. The van der Waals surface area contributed by atoms with Gasteiger partial charge in [0.2, 0.25) is 0 Å². The van der Waals surface area contributed by atoms with Gasteiger partial charge in [-0.05, 0) is 23.6 Å². The van der Waals surface area contributed by atoms with Crippen LogP contribution in [-0.4, -0.2) is 4.98 Å². The Morgan fingerprint density at radius 2 is 2.36 bits per heavy atom. The number of rotatable bonds is 1. The summed E-state index contributed by atoms with van der Waals surface area (Å²) in [5.74, 6) is 0. The Labute approximate surface area is 68.1 Å². The summed E-state index contributed by atoms with van der Waals surface area (Å²) in [5.41, 5.74) is 5.78. The number of aromatic nitrogens is 1. The Kier molecular flexibility index (Phi) is 1.51. The first-order chi connectivity index (χ1) is 5.38. The van der Waals surface area contributed by atoms with Gasteiger partial charge in [0.1, 0.15) is 0 Å². The van der Waals surface area contributed by atoms with Crippen molar-refractivity contribution in [2.75, 3.05) is 0 Å². The van der Waals surface area contributed by atoms with Crippen LogP contribution in [0.4, 0.5) is 0 Å². The molecule has 11 heavy (non-hydrogen) atoms. The van der Waals surface area contributed by atoms with E-state index in [9.17, 15) is 0 Å². The summed E-state index contributed by atoms with van der Waals surface area (Å²) in [7, 11) is -0.362. The fourth-order valence-electron chi connectivity index (χ4n) is 1.08. The van der Waals surface area contributed by atoms with Crippen LogP contribution in [0.5, 0.6) is 0 Å². The lowest BCUT2D eigenvalue weighted by atomic mass is 10.6. The molecule has 58 valence electrons. The van der Waals surface area contributed by atoms with Crippen molar-refractivity contribution in [2.45, 2.75) is 5.03 Å². The third kappa shape index (κ3) is 1.07. The molecule has 0 saturated carbocycles. The Morgan fingerprint density at radius 3 is 2.91 bits per heavy atom. The highest BCUT2D eigenvalue weighted by Gasteiger charge is 2.09. The van der Waals surface area contributed by atoms with Gasteiger partial charge in [0.25, 0.3) is 0 Å². The number of nitrogens with two attached hydrogens (primary N) is 1. The molecule has 2 rings (SSSR count). The van der Waals surface area contributed by atoms with Crippen LogP contribution in [0.1, 0.15) is 0 Å². The second kappa shape index (κ2) is 2.51. The van der Waals surface area contributed by atoms with Crippen molar-refractivity contribution in [1.82, 2.24) is 4.98 Å². The Bertz CT molecular complexity index is 298. The minimum absolute atomic E-state index is 0.362. The third-order valence-electron chi connectivity index (χ3n) is 1.62. The van der Waals surface area contributed by atoms with E-state index in [0.717, 1.165) is 5.03 Å². The lowest BCUT2D eigenvalue weighted by Crippen LogP contribution is -1.93. The van der Waals surface area contributed by atoms with Crippen LogP contribution in [0.15, 0.2) is 45.9 Å². The molecule has 3 N–H and O–H groups in total. The zero-order chi connectivity index (χ0) is 7.68. The topological polar surface area (TPSA) is 41.8 Å². The predicted octanol–water partition coefficient (Wildman–Crippen LogP) is 1.70. The first kappa shape index (κ1) is 6.61. The van der Waals surface area contributed by atoms with Crippen LogP contribution >= 0.6 is 10.9 Å². The van der Waals surface area contributed by atoms with Crippen molar-refractivity contribution in [3.63, 3.8) is 0 Å². The highest BCUT2D eigenvalue weighted by molar-refractivity contribution is 8.23. The second-order valence-electron chi connectivity index (χ2n) is 2.36. The SMILES string of the molecule is NC1=CC=C[SH]1c1ccc[nH]1. The molecule has 1 aromatic rings. The van der Waals surface area contributed by atoms with Gasteiger partial charge < -0.3 is 10.7 Å². The summed E-state index contributed by atoms with van der Waals surface area (Å²) in [6.45, 7) is 0. The Hall–Kier alpha value is -1.09. The zero-order valence-corrected chi connectivity index (χ0v) is 6.88. The van der Waals surface area contributed by atoms with Crippen molar-refractivity contribution in [3.8, 4) is 0 Å². The standard InChI is InChI=1S/C8H10N2S/c9-7-3-2-6-11(7)8-4-1-5-10-8/h1-6,10-11H,9H2. The van der Waals surface area contributed by atoms with E-state index in [1.807, 2.05) is 24.4 Å². The number of nitrogens with one attached hydrogen (secondary N) is 1. The quantitative estimate of drug-likeness (QED) is 0.546. The second-order valence-corrected chi connectivity index (χ2v) is 4.39. The Balaban J connectivity index is 2.32. The average Bonchev–Trinajstić information content (AvgIpc) is 2.55. The molecule has 0 spiro atoms. The molecule has 2 heterocycles. The molecule has 1 aliphatic rings. The lowest BCUT2D eigenvalue weighted by Gasteiger charge is -2.11. The monoisotopic (exact) mass is 166 g/mol. The molecule has 0 saturated heterocycles. The third-order valence-corrected chi connectivity index (χ3v) is 3.59. The maximum absolute atomic E-state index is 5.78. The normalized spacial score (nSPS) is 25.5. The molecule has 0 aromatic carbocycles. The summed E-state index contributed by atoms with van der Waals surface area (Å²) in [5, 5.41) is 4.35. The van der Waals surface area contributed by atoms with Gasteiger partial charge in [0.15, 0.2) is 0 Å². The maximum Gasteiger partial charge on any atom is 0.0610 e. The number of H-pyrrole nitrogens is 1. The van der Waals surface area contributed by atoms with Gasteiger partial charge in [0, 0.05) is 6.20 Å². The van der Waals surface area contributed by atoms with Crippen LogP contribution in [-0.2, 0) is 0 Å². The van der Waals surface area contributed by atoms with Crippen LogP contribution in [0.3, 0.4) is 0 Å². The molecular weight excluding hydrogens is 156 g/mol. The number of hydrogen-bond donors (Lipinski definition) is 3. The molecule has 0 amide bonds. The van der Waals surface area contributed by atoms with Crippen LogP contribution in [0, 0.1) is 0 Å². The van der Waals surface area contributed by atoms with E-state index in [0.29, 0.717) is 0 Å². The van der Waals surface area contributed by atoms with E-state index in [-0.39, 0.29) is 10.9 Å². The summed E-state index contributed by atoms with van der Waals surface area (Å²) < 4.78 is 0. The molecule has 0 aliphatic carbocycles. The molecule has 3 heteroatoms. The Morgan fingerprint density at radius 1 is 1.45 bits per heavy atom. The van der Waals surface area contributed by atoms with Gasteiger partial charge in [0.05, 0.1) is 10.1 Å². The molecule has 1 aliphatic heterocycles. The van der Waals surface area contributed by atoms with Crippen LogP contribution < -0.4 is 5.73 Å². The number of allylic oxidation sites excluding steroid dienone is 2. The smallest absolute Gasteiger partial charge is 0.0610 e. The minimum Gasteiger partial charge on any atom is -0.394 e. The summed E-state index contributed by atoms with van der Waals surface area (Å²) in [4.78, 5) is 3.17. The number of thiol groups is 1. The van der Waals surface area contributed by atoms with E-state index >= 15 is 0 Å². The summed E-state index contributed by atoms with van der Waals surface area (Å²) >= 11 is 0. The first-order valence-corrected chi connectivity index (χ1v) is 4.85. The molecule has 0 radical (unpaired) electrons. The van der Waals surface area contributed by atoms with E-state index in [1.54, 1.807) is 0 Å². The fraction of sp³-hybridized carbons (Fsp3) is 0. The van der Waals surface area contributed by atoms with Gasteiger partial charge in [-0.3, -0.25) is 0 Å². The van der Waals surface area contributed by atoms with E-state index in [1.165, 1.54) is 5.03 Å². The molecule has 0 bridgehead atoms. The van der Waals surface area contributed by atoms with E-state index in [4.69, 9.17) is 5.73 Å². The van der Waals surface area contributed by atoms with Crippen molar-refractivity contribution >= 4 is 10.9 Å². The minimum atomic E-state index is -0.362. The molecule has 1 atom stereocenters. The van der Waals surface area contributed by atoms with Gasteiger partial charge in [-0.15, -0.1) is 0 Å². The van der Waals surface area contributed by atoms with Crippen LogP contribution in [0.25, 0.3) is 0 Å². The highest BCUT2D eigenvalue weighted by Crippen LogP contribution is 2.44.